The Morgan fingerprint density at radius 1 is 1.50 bits per heavy atom. The SMILES string of the molecule is CC(C)n1cc(N)cc1C(=O)NCC(O)C(N)=O. The molecule has 0 saturated heterocycles. The fraction of sp³-hybridized carbons (Fsp3) is 0.455. The lowest BCUT2D eigenvalue weighted by molar-refractivity contribution is -0.125. The van der Waals surface area contributed by atoms with Crippen molar-refractivity contribution in [1.82, 2.24) is 9.88 Å². The average Bonchev–Trinajstić information content (AvgIpc) is 2.67. The van der Waals surface area contributed by atoms with Crippen LogP contribution in [-0.2, 0) is 4.79 Å². The van der Waals surface area contributed by atoms with Gasteiger partial charge in [0, 0.05) is 12.2 Å². The summed E-state index contributed by atoms with van der Waals surface area (Å²) in [6, 6.07) is 1.61. The molecule has 7 heteroatoms. The first kappa shape index (κ1) is 14.0. The highest BCUT2D eigenvalue weighted by molar-refractivity contribution is 5.94. The van der Waals surface area contributed by atoms with E-state index in [-0.39, 0.29) is 12.6 Å². The summed E-state index contributed by atoms with van der Waals surface area (Å²) < 4.78 is 1.71. The molecule has 0 saturated carbocycles. The monoisotopic (exact) mass is 254 g/mol. The zero-order valence-electron chi connectivity index (χ0n) is 10.4. The number of primary amides is 1. The van der Waals surface area contributed by atoms with Crippen molar-refractivity contribution in [3.05, 3.63) is 18.0 Å². The number of nitrogens with zero attached hydrogens (tertiary/aromatic N) is 1. The zero-order valence-corrected chi connectivity index (χ0v) is 10.4. The van der Waals surface area contributed by atoms with E-state index in [1.165, 1.54) is 6.07 Å². The third-order valence-electron chi connectivity index (χ3n) is 2.44. The molecule has 1 atom stereocenters. The summed E-state index contributed by atoms with van der Waals surface area (Å²) in [5.74, 6) is -1.30. The molecule has 1 unspecified atom stereocenters. The summed E-state index contributed by atoms with van der Waals surface area (Å²) >= 11 is 0. The summed E-state index contributed by atoms with van der Waals surface area (Å²) in [6.45, 7) is 3.60. The molecule has 7 nitrogen and oxygen atoms in total. The molecule has 100 valence electrons. The van der Waals surface area contributed by atoms with Crippen molar-refractivity contribution in [1.29, 1.82) is 0 Å². The van der Waals surface area contributed by atoms with E-state index in [1.807, 2.05) is 13.8 Å². The summed E-state index contributed by atoms with van der Waals surface area (Å²) in [5.41, 5.74) is 11.4. The quantitative estimate of drug-likeness (QED) is 0.550. The van der Waals surface area contributed by atoms with E-state index in [1.54, 1.807) is 10.8 Å². The van der Waals surface area contributed by atoms with E-state index in [0.717, 1.165) is 0 Å². The van der Waals surface area contributed by atoms with Gasteiger partial charge in [-0.15, -0.1) is 0 Å². The number of anilines is 1. The van der Waals surface area contributed by atoms with Crippen molar-refractivity contribution in [3.63, 3.8) is 0 Å². The predicted octanol–water partition coefficient (Wildman–Crippen LogP) is -0.773. The Kier molecular flexibility index (Phi) is 4.33. The Morgan fingerprint density at radius 2 is 2.11 bits per heavy atom. The van der Waals surface area contributed by atoms with Gasteiger partial charge in [-0.3, -0.25) is 9.59 Å². The fourth-order valence-corrected chi connectivity index (χ4v) is 1.49. The molecule has 0 fully saturated rings. The number of hydrogen-bond acceptors (Lipinski definition) is 4. The highest BCUT2D eigenvalue weighted by atomic mass is 16.3. The number of nitrogens with one attached hydrogen (secondary N) is 1. The Bertz CT molecular complexity index is 453. The molecule has 6 N–H and O–H groups in total. The number of carbonyl (C=O) groups is 2. The molecular formula is C11H18N4O3. The molecular weight excluding hydrogens is 236 g/mol. The standard InChI is InChI=1S/C11H18N4O3/c1-6(2)15-5-7(12)3-8(15)11(18)14-4-9(16)10(13)17/h3,5-6,9,16H,4,12H2,1-2H3,(H2,13,17)(H,14,18). The topological polar surface area (TPSA) is 123 Å². The molecule has 1 aromatic heterocycles. The second-order valence-electron chi connectivity index (χ2n) is 4.29. The van der Waals surface area contributed by atoms with Crippen LogP contribution < -0.4 is 16.8 Å². The fourth-order valence-electron chi connectivity index (χ4n) is 1.49. The first-order chi connectivity index (χ1) is 8.32. The molecule has 18 heavy (non-hydrogen) atoms. The van der Waals surface area contributed by atoms with E-state index in [2.05, 4.69) is 5.32 Å². The van der Waals surface area contributed by atoms with Gasteiger partial charge in [-0.1, -0.05) is 0 Å². The number of amides is 2. The van der Waals surface area contributed by atoms with Gasteiger partial charge in [-0.2, -0.15) is 0 Å². The predicted molar refractivity (Wildman–Crippen MR) is 66.8 cm³/mol. The van der Waals surface area contributed by atoms with Crippen LogP contribution in [0.3, 0.4) is 0 Å². The van der Waals surface area contributed by atoms with Crippen molar-refractivity contribution in [2.75, 3.05) is 12.3 Å². The van der Waals surface area contributed by atoms with Crippen LogP contribution in [-0.4, -0.2) is 34.1 Å². The Labute approximate surface area is 105 Å². The minimum atomic E-state index is -1.39. The van der Waals surface area contributed by atoms with E-state index in [4.69, 9.17) is 11.5 Å². The molecule has 1 rings (SSSR count). The van der Waals surface area contributed by atoms with Gasteiger partial charge in [-0.05, 0) is 19.9 Å². The molecule has 0 bridgehead atoms. The van der Waals surface area contributed by atoms with Crippen molar-refractivity contribution < 1.29 is 14.7 Å². The molecule has 0 aliphatic heterocycles. The smallest absolute Gasteiger partial charge is 0.268 e. The van der Waals surface area contributed by atoms with E-state index in [0.29, 0.717) is 11.4 Å². The number of carbonyl (C=O) groups excluding carboxylic acids is 2. The summed E-state index contributed by atoms with van der Waals surface area (Å²) in [4.78, 5) is 22.5. The number of hydrogen-bond donors (Lipinski definition) is 4. The van der Waals surface area contributed by atoms with Crippen LogP contribution in [0.4, 0.5) is 5.69 Å². The van der Waals surface area contributed by atoms with Crippen molar-refractivity contribution in [2.24, 2.45) is 5.73 Å². The van der Waals surface area contributed by atoms with Gasteiger partial charge >= 0.3 is 0 Å². The van der Waals surface area contributed by atoms with E-state index >= 15 is 0 Å². The maximum Gasteiger partial charge on any atom is 0.268 e. The lowest BCUT2D eigenvalue weighted by Crippen LogP contribution is -2.40. The normalized spacial score (nSPS) is 12.4. The molecule has 0 aliphatic carbocycles. The van der Waals surface area contributed by atoms with Crippen LogP contribution in [0.5, 0.6) is 0 Å². The summed E-state index contributed by atoms with van der Waals surface area (Å²) in [5, 5.41) is 11.6. The Balaban J connectivity index is 2.75. The van der Waals surface area contributed by atoms with Gasteiger partial charge in [0.15, 0.2) is 0 Å². The van der Waals surface area contributed by atoms with Gasteiger partial charge in [0.25, 0.3) is 5.91 Å². The molecule has 0 radical (unpaired) electrons. The largest absolute Gasteiger partial charge is 0.397 e. The van der Waals surface area contributed by atoms with Crippen molar-refractivity contribution >= 4 is 17.5 Å². The van der Waals surface area contributed by atoms with Gasteiger partial charge in [0.1, 0.15) is 11.8 Å². The van der Waals surface area contributed by atoms with Crippen LogP contribution in [0.25, 0.3) is 0 Å². The Hall–Kier alpha value is -2.02. The second kappa shape index (κ2) is 5.54. The number of rotatable bonds is 5. The molecule has 2 amide bonds. The molecule has 1 aromatic rings. The van der Waals surface area contributed by atoms with E-state index < -0.39 is 17.9 Å². The maximum absolute atomic E-state index is 11.9. The number of aromatic nitrogens is 1. The lowest BCUT2D eigenvalue weighted by atomic mass is 10.3. The number of nitrogen functional groups attached to an aromatic ring is 1. The van der Waals surface area contributed by atoms with Crippen LogP contribution in [0.2, 0.25) is 0 Å². The van der Waals surface area contributed by atoms with Gasteiger partial charge in [0.05, 0.1) is 12.2 Å². The van der Waals surface area contributed by atoms with E-state index in [9.17, 15) is 14.7 Å². The lowest BCUT2D eigenvalue weighted by Gasteiger charge is -2.13. The maximum atomic E-state index is 11.9. The van der Waals surface area contributed by atoms with Crippen LogP contribution in [0, 0.1) is 0 Å². The third kappa shape index (κ3) is 3.24. The molecule has 0 aliphatic rings. The first-order valence-electron chi connectivity index (χ1n) is 5.56. The van der Waals surface area contributed by atoms with Crippen LogP contribution in [0.1, 0.15) is 30.4 Å². The average molecular weight is 254 g/mol. The highest BCUT2D eigenvalue weighted by Crippen LogP contribution is 2.16. The first-order valence-corrected chi connectivity index (χ1v) is 5.56. The minimum absolute atomic E-state index is 0.0733. The minimum Gasteiger partial charge on any atom is -0.397 e. The molecule has 1 heterocycles. The summed E-state index contributed by atoms with van der Waals surface area (Å²) in [6.07, 6.45) is 0.262. The number of aliphatic hydroxyl groups is 1. The van der Waals surface area contributed by atoms with Gasteiger partial charge in [-0.25, -0.2) is 0 Å². The third-order valence-corrected chi connectivity index (χ3v) is 2.44. The van der Waals surface area contributed by atoms with Gasteiger partial charge < -0.3 is 26.5 Å². The molecule has 0 spiro atoms. The second-order valence-corrected chi connectivity index (χ2v) is 4.29. The van der Waals surface area contributed by atoms with Crippen molar-refractivity contribution in [2.45, 2.75) is 26.0 Å². The number of nitrogens with two attached hydrogens (primary N) is 2. The molecule has 0 aromatic carbocycles. The zero-order chi connectivity index (χ0) is 13.9. The summed E-state index contributed by atoms with van der Waals surface area (Å²) in [7, 11) is 0. The van der Waals surface area contributed by atoms with Crippen molar-refractivity contribution in [3.8, 4) is 0 Å². The van der Waals surface area contributed by atoms with Crippen LogP contribution >= 0.6 is 0 Å². The Morgan fingerprint density at radius 3 is 2.61 bits per heavy atom. The van der Waals surface area contributed by atoms with Crippen LogP contribution in [0.15, 0.2) is 12.3 Å². The van der Waals surface area contributed by atoms with Gasteiger partial charge in [0.2, 0.25) is 5.91 Å². The highest BCUT2D eigenvalue weighted by Gasteiger charge is 2.17. The number of aliphatic hydroxyl groups excluding tert-OH is 1.